The maximum atomic E-state index is 14.3. The molecule has 190 valence electrons. The summed E-state index contributed by atoms with van der Waals surface area (Å²) >= 11 is 0. The molecule has 2 heterocycles. The van der Waals surface area contributed by atoms with Crippen molar-refractivity contribution in [3.63, 3.8) is 0 Å². The van der Waals surface area contributed by atoms with Crippen molar-refractivity contribution < 1.29 is 27.5 Å². The molecule has 3 aromatic carbocycles. The van der Waals surface area contributed by atoms with Crippen LogP contribution in [0.3, 0.4) is 0 Å². The molecule has 2 saturated heterocycles. The van der Waals surface area contributed by atoms with Crippen LogP contribution in [0.4, 0.5) is 18.0 Å². The maximum Gasteiger partial charge on any atom is 0.410 e. The molecule has 0 N–H and O–H groups in total. The molecule has 0 radical (unpaired) electrons. The highest BCUT2D eigenvalue weighted by Gasteiger charge is 2.44. The molecular weight excluding hydrogens is 479 g/mol. The molecule has 7 heteroatoms. The monoisotopic (exact) mass is 505 g/mol. The number of carbonyl (C=O) groups is 2. The van der Waals surface area contributed by atoms with Crippen molar-refractivity contribution in [3.8, 4) is 11.1 Å². The molecule has 0 aromatic heterocycles. The summed E-state index contributed by atoms with van der Waals surface area (Å²) in [7, 11) is 0. The van der Waals surface area contributed by atoms with Crippen LogP contribution in [-0.4, -0.2) is 35.5 Å². The van der Waals surface area contributed by atoms with Crippen molar-refractivity contribution in [2.45, 2.75) is 50.1 Å². The lowest BCUT2D eigenvalue weighted by molar-refractivity contribution is 0.00640. The number of hydrogen-bond acceptors (Lipinski definition) is 3. The van der Waals surface area contributed by atoms with Gasteiger partial charge < -0.3 is 9.64 Å². The van der Waals surface area contributed by atoms with Crippen molar-refractivity contribution >= 4 is 11.9 Å². The topological polar surface area (TPSA) is 46.6 Å². The molecule has 1 amide bonds. The summed E-state index contributed by atoms with van der Waals surface area (Å²) in [4.78, 5) is 28.1. The highest BCUT2D eigenvalue weighted by atomic mass is 19.2. The van der Waals surface area contributed by atoms with Crippen molar-refractivity contribution in [1.29, 1.82) is 0 Å². The van der Waals surface area contributed by atoms with Gasteiger partial charge in [-0.2, -0.15) is 0 Å². The number of piperidine rings is 2. The Morgan fingerprint density at radius 2 is 1.46 bits per heavy atom. The molecule has 2 unspecified atom stereocenters. The van der Waals surface area contributed by atoms with E-state index in [2.05, 4.69) is 24.3 Å². The molecule has 37 heavy (non-hydrogen) atoms. The molecular formula is C30H26F3NO3. The summed E-state index contributed by atoms with van der Waals surface area (Å²) in [6.45, 7) is 0.207. The van der Waals surface area contributed by atoms with Crippen LogP contribution in [0.1, 0.15) is 59.5 Å². The Labute approximate surface area is 213 Å². The number of nitrogens with zero attached hydrogens (tertiary/aromatic N) is 1. The van der Waals surface area contributed by atoms with Gasteiger partial charge in [0.1, 0.15) is 12.4 Å². The first-order chi connectivity index (χ1) is 17.9. The first kappa shape index (κ1) is 23.8. The van der Waals surface area contributed by atoms with Gasteiger partial charge in [0.2, 0.25) is 0 Å². The van der Waals surface area contributed by atoms with E-state index in [1.807, 2.05) is 24.3 Å². The van der Waals surface area contributed by atoms with Crippen LogP contribution >= 0.6 is 0 Å². The van der Waals surface area contributed by atoms with E-state index in [9.17, 15) is 22.8 Å². The fourth-order valence-corrected chi connectivity index (χ4v) is 6.52. The number of halogens is 3. The maximum absolute atomic E-state index is 14.3. The van der Waals surface area contributed by atoms with Gasteiger partial charge in [-0.05, 0) is 60.4 Å². The van der Waals surface area contributed by atoms with E-state index < -0.39 is 40.8 Å². The second kappa shape index (κ2) is 9.36. The molecule has 2 fully saturated rings. The van der Waals surface area contributed by atoms with E-state index in [0.717, 1.165) is 34.7 Å². The van der Waals surface area contributed by atoms with E-state index in [1.165, 1.54) is 0 Å². The second-order valence-electron chi connectivity index (χ2n) is 10.2. The van der Waals surface area contributed by atoms with Crippen LogP contribution in [0.2, 0.25) is 0 Å². The summed E-state index contributed by atoms with van der Waals surface area (Å²) < 4.78 is 47.6. The van der Waals surface area contributed by atoms with E-state index in [1.54, 1.807) is 4.90 Å². The Kier molecular flexibility index (Phi) is 6.01. The quantitative estimate of drug-likeness (QED) is 0.287. The summed E-state index contributed by atoms with van der Waals surface area (Å²) in [6, 6.07) is 17.0. The van der Waals surface area contributed by atoms with Crippen molar-refractivity contribution in [2.24, 2.45) is 5.92 Å². The Bertz CT molecular complexity index is 1330. The van der Waals surface area contributed by atoms with Gasteiger partial charge in [0.25, 0.3) is 0 Å². The highest BCUT2D eigenvalue weighted by Crippen LogP contribution is 2.45. The van der Waals surface area contributed by atoms with Crippen LogP contribution in [0, 0.1) is 23.4 Å². The number of ketones is 1. The zero-order valence-corrected chi connectivity index (χ0v) is 20.1. The van der Waals surface area contributed by atoms with Crippen LogP contribution in [0.15, 0.2) is 60.7 Å². The van der Waals surface area contributed by atoms with Crippen LogP contribution in [0.5, 0.6) is 0 Å². The summed E-state index contributed by atoms with van der Waals surface area (Å²) in [5, 5.41) is 0. The third-order valence-corrected chi connectivity index (χ3v) is 8.15. The lowest BCUT2D eigenvalue weighted by atomic mass is 9.75. The van der Waals surface area contributed by atoms with Gasteiger partial charge in [-0.1, -0.05) is 48.5 Å². The number of fused-ring (bicyclic) bond motifs is 5. The molecule has 2 bridgehead atoms. The lowest BCUT2D eigenvalue weighted by Gasteiger charge is -2.47. The molecule has 1 aliphatic carbocycles. The molecule has 6 rings (SSSR count). The number of benzene rings is 3. The van der Waals surface area contributed by atoms with Crippen molar-refractivity contribution in [3.05, 3.63) is 94.8 Å². The Morgan fingerprint density at radius 3 is 2.08 bits per heavy atom. The van der Waals surface area contributed by atoms with Crippen LogP contribution < -0.4 is 0 Å². The number of amides is 1. The number of carbonyl (C=O) groups excluding carboxylic acids is 2. The van der Waals surface area contributed by atoms with Crippen LogP contribution in [0.25, 0.3) is 11.1 Å². The van der Waals surface area contributed by atoms with Gasteiger partial charge in [0, 0.05) is 30.0 Å². The second-order valence-corrected chi connectivity index (χ2v) is 10.2. The normalized spacial score (nSPS) is 22.4. The Balaban J connectivity index is 1.18. The van der Waals surface area contributed by atoms with Gasteiger partial charge in [-0.3, -0.25) is 4.79 Å². The molecule has 0 spiro atoms. The summed E-state index contributed by atoms with van der Waals surface area (Å²) in [6.07, 6.45) is 2.53. The number of ether oxygens (including phenoxy) is 1. The van der Waals surface area contributed by atoms with Crippen molar-refractivity contribution in [1.82, 2.24) is 4.90 Å². The fourth-order valence-electron chi connectivity index (χ4n) is 6.52. The smallest absolute Gasteiger partial charge is 0.410 e. The molecule has 3 aromatic rings. The van der Waals surface area contributed by atoms with E-state index >= 15 is 0 Å². The molecule has 4 nitrogen and oxygen atoms in total. The minimum absolute atomic E-state index is 0.0545. The largest absolute Gasteiger partial charge is 0.448 e. The van der Waals surface area contributed by atoms with Gasteiger partial charge in [-0.15, -0.1) is 0 Å². The third kappa shape index (κ3) is 4.10. The highest BCUT2D eigenvalue weighted by molar-refractivity contribution is 5.98. The number of rotatable bonds is 4. The molecule has 2 aliphatic heterocycles. The standard InChI is InChI=1S/C30H26F3NO3/c31-18-14-25(28(33)27(32)15-18)29(35)17-12-19-6-5-7-20(13-17)34(19)30(36)37-16-26-23-10-3-1-8-21(23)22-9-2-4-11-24(22)26/h1-4,8-11,14-15,17,19-20,26H,5-7,12-13,16H2. The van der Waals surface area contributed by atoms with Gasteiger partial charge in [-0.25, -0.2) is 18.0 Å². The molecule has 0 saturated carbocycles. The number of hydrogen-bond donors (Lipinski definition) is 0. The number of Topliss-reactive ketones (excluding diaryl/α,β-unsaturated/α-hetero) is 1. The minimum Gasteiger partial charge on any atom is -0.448 e. The summed E-state index contributed by atoms with van der Waals surface area (Å²) in [5.74, 6) is -4.96. The minimum atomic E-state index is -1.38. The SMILES string of the molecule is O=C(c1cc(F)cc(F)c1F)C1CC2CCCC(C1)N2C(=O)OCC1c2ccccc2-c2ccccc21. The van der Waals surface area contributed by atoms with Crippen molar-refractivity contribution in [2.75, 3.05) is 6.61 Å². The molecule has 3 aliphatic rings. The van der Waals surface area contributed by atoms with Gasteiger partial charge in [0.15, 0.2) is 17.4 Å². The Hall–Kier alpha value is -3.61. The first-order valence-electron chi connectivity index (χ1n) is 12.7. The van der Waals surface area contributed by atoms with E-state index in [0.29, 0.717) is 31.7 Å². The summed E-state index contributed by atoms with van der Waals surface area (Å²) in [5.41, 5.74) is 4.00. The van der Waals surface area contributed by atoms with Crippen LogP contribution in [-0.2, 0) is 4.74 Å². The van der Waals surface area contributed by atoms with Gasteiger partial charge >= 0.3 is 6.09 Å². The van der Waals surface area contributed by atoms with Gasteiger partial charge in [0.05, 0.1) is 5.56 Å². The van der Waals surface area contributed by atoms with E-state index in [4.69, 9.17) is 4.74 Å². The third-order valence-electron chi connectivity index (χ3n) is 8.15. The zero-order valence-electron chi connectivity index (χ0n) is 20.1. The van der Waals surface area contributed by atoms with E-state index in [-0.39, 0.29) is 24.6 Å². The predicted octanol–water partition coefficient (Wildman–Crippen LogP) is 6.87. The lowest BCUT2D eigenvalue weighted by Crippen LogP contribution is -2.56. The molecule has 2 atom stereocenters. The first-order valence-corrected chi connectivity index (χ1v) is 12.7. The average Bonchev–Trinajstić information content (AvgIpc) is 3.22. The zero-order chi connectivity index (χ0) is 25.7. The predicted molar refractivity (Wildman–Crippen MR) is 132 cm³/mol. The fraction of sp³-hybridized carbons (Fsp3) is 0.333. The average molecular weight is 506 g/mol. The Morgan fingerprint density at radius 1 is 0.865 bits per heavy atom.